The number of nitrogens with zero attached hydrogens (tertiary/aromatic N) is 4. The Kier molecular flexibility index (Phi) is 5.26. The molecule has 0 aliphatic carbocycles. The van der Waals surface area contributed by atoms with E-state index in [-0.39, 0.29) is 5.82 Å². The van der Waals surface area contributed by atoms with Crippen LogP contribution in [0, 0.1) is 5.82 Å². The smallest absolute Gasteiger partial charge is 0.161 e. The number of nitrogens with one attached hydrogen (secondary N) is 3. The summed E-state index contributed by atoms with van der Waals surface area (Å²) >= 11 is 0. The van der Waals surface area contributed by atoms with Gasteiger partial charge in [-0.3, -0.25) is 10.1 Å². The third kappa shape index (κ3) is 3.88. The molecule has 2 aromatic carbocycles. The summed E-state index contributed by atoms with van der Waals surface area (Å²) in [5, 5.41) is 10.8. The summed E-state index contributed by atoms with van der Waals surface area (Å²) < 4.78 is 13.9. The second kappa shape index (κ2) is 8.74. The fourth-order valence-electron chi connectivity index (χ4n) is 4.20. The highest BCUT2D eigenvalue weighted by Gasteiger charge is 2.17. The molecule has 3 N–H and O–H groups in total. The number of H-pyrrole nitrogens is 2. The standard InChI is InChI=1S/C28H22FN7/c1-3-16(2)31-20-13-18(14-30-15-20)22-10-11-24-26(32-22)27(36-35-24)28-33-23-9-5-8-21(25(23)34-28)17-6-4-7-19(29)12-17/h4-15,31H,2-3H2,1H3,(H,33,34)(H,35,36). The van der Waals surface area contributed by atoms with Gasteiger partial charge >= 0.3 is 0 Å². The van der Waals surface area contributed by atoms with E-state index in [1.807, 2.05) is 49.4 Å². The van der Waals surface area contributed by atoms with Crippen LogP contribution < -0.4 is 5.32 Å². The fourth-order valence-corrected chi connectivity index (χ4v) is 4.20. The van der Waals surface area contributed by atoms with E-state index in [9.17, 15) is 4.39 Å². The van der Waals surface area contributed by atoms with Gasteiger partial charge in [-0.2, -0.15) is 5.10 Å². The number of para-hydroxylation sites is 1. The van der Waals surface area contributed by atoms with Crippen molar-refractivity contribution in [2.75, 3.05) is 5.32 Å². The van der Waals surface area contributed by atoms with Gasteiger partial charge in [-0.25, -0.2) is 14.4 Å². The number of aromatic nitrogens is 6. The van der Waals surface area contributed by atoms with Gasteiger partial charge in [0, 0.05) is 23.0 Å². The number of allylic oxidation sites excluding steroid dienone is 1. The molecule has 36 heavy (non-hydrogen) atoms. The monoisotopic (exact) mass is 475 g/mol. The Bertz CT molecular complexity index is 1750. The van der Waals surface area contributed by atoms with Gasteiger partial charge in [-0.05, 0) is 48.4 Å². The molecule has 0 unspecified atom stereocenters. The van der Waals surface area contributed by atoms with Crippen LogP contribution in [0.15, 0.2) is 85.3 Å². The van der Waals surface area contributed by atoms with Gasteiger partial charge in [0.1, 0.15) is 11.3 Å². The lowest BCUT2D eigenvalue weighted by molar-refractivity contribution is 0.628. The molecular weight excluding hydrogens is 453 g/mol. The van der Waals surface area contributed by atoms with Gasteiger partial charge in [0.2, 0.25) is 0 Å². The Morgan fingerprint density at radius 3 is 2.69 bits per heavy atom. The molecule has 0 radical (unpaired) electrons. The summed E-state index contributed by atoms with van der Waals surface area (Å²) in [7, 11) is 0. The molecule has 0 bridgehead atoms. The fraction of sp³-hybridized carbons (Fsp3) is 0.0714. The molecule has 6 rings (SSSR count). The van der Waals surface area contributed by atoms with Crippen LogP contribution in [-0.2, 0) is 0 Å². The minimum Gasteiger partial charge on any atom is -0.358 e. The minimum absolute atomic E-state index is 0.289. The molecular formula is C28H22FN7. The molecule has 0 aliphatic heterocycles. The number of hydrogen-bond donors (Lipinski definition) is 3. The number of halogens is 1. The SMILES string of the molecule is C=C(CC)Nc1cncc(-c2ccc3[nH]nc(-c4nc5c(-c6cccc(F)c6)cccc5[nH]4)c3n2)c1. The Morgan fingerprint density at radius 2 is 1.83 bits per heavy atom. The quantitative estimate of drug-likeness (QED) is 0.249. The summed E-state index contributed by atoms with van der Waals surface area (Å²) in [5.41, 5.74) is 8.67. The lowest BCUT2D eigenvalue weighted by Crippen LogP contribution is -1.97. The molecule has 0 aliphatic rings. The van der Waals surface area contributed by atoms with Gasteiger partial charge in [-0.15, -0.1) is 0 Å². The van der Waals surface area contributed by atoms with E-state index in [1.165, 1.54) is 12.1 Å². The van der Waals surface area contributed by atoms with Crippen molar-refractivity contribution in [3.8, 4) is 33.9 Å². The highest BCUT2D eigenvalue weighted by Crippen LogP contribution is 2.32. The number of aromatic amines is 2. The number of pyridine rings is 2. The Balaban J connectivity index is 1.43. The molecule has 0 fully saturated rings. The molecule has 0 atom stereocenters. The van der Waals surface area contributed by atoms with Crippen molar-refractivity contribution in [1.29, 1.82) is 0 Å². The minimum atomic E-state index is -0.289. The first-order valence-electron chi connectivity index (χ1n) is 11.6. The Hall–Kier alpha value is -4.85. The van der Waals surface area contributed by atoms with E-state index >= 15 is 0 Å². The van der Waals surface area contributed by atoms with E-state index in [0.29, 0.717) is 17.0 Å². The zero-order valence-corrected chi connectivity index (χ0v) is 19.5. The molecule has 0 saturated heterocycles. The van der Waals surface area contributed by atoms with Crippen LogP contribution in [0.5, 0.6) is 0 Å². The third-order valence-electron chi connectivity index (χ3n) is 6.06. The summed E-state index contributed by atoms with van der Waals surface area (Å²) in [6.07, 6.45) is 4.36. The second-order valence-corrected chi connectivity index (χ2v) is 8.51. The summed E-state index contributed by atoms with van der Waals surface area (Å²) in [6, 6.07) is 18.2. The molecule has 0 amide bonds. The molecule has 4 heterocycles. The van der Waals surface area contributed by atoms with E-state index in [0.717, 1.165) is 56.7 Å². The molecule has 0 spiro atoms. The summed E-state index contributed by atoms with van der Waals surface area (Å²) in [6.45, 7) is 6.05. The molecule has 4 aromatic heterocycles. The first-order chi connectivity index (χ1) is 17.6. The lowest BCUT2D eigenvalue weighted by Gasteiger charge is -2.08. The molecule has 0 saturated carbocycles. The number of imidazole rings is 1. The van der Waals surface area contributed by atoms with Crippen LogP contribution in [0.1, 0.15) is 13.3 Å². The number of anilines is 1. The first kappa shape index (κ1) is 21.7. The van der Waals surface area contributed by atoms with Crippen molar-refractivity contribution in [3.63, 3.8) is 0 Å². The Morgan fingerprint density at radius 1 is 0.944 bits per heavy atom. The number of rotatable bonds is 6. The van der Waals surface area contributed by atoms with Crippen LogP contribution in [0.3, 0.4) is 0 Å². The molecule has 176 valence electrons. The molecule has 8 heteroatoms. The predicted octanol–water partition coefficient (Wildman–Crippen LogP) is 6.70. The van der Waals surface area contributed by atoms with Crippen LogP contribution in [0.25, 0.3) is 56.0 Å². The third-order valence-corrected chi connectivity index (χ3v) is 6.06. The number of hydrogen-bond acceptors (Lipinski definition) is 5. The zero-order chi connectivity index (χ0) is 24.6. The maximum absolute atomic E-state index is 13.9. The molecule has 6 aromatic rings. The number of fused-ring (bicyclic) bond motifs is 2. The van der Waals surface area contributed by atoms with Crippen LogP contribution in [-0.4, -0.2) is 30.1 Å². The second-order valence-electron chi connectivity index (χ2n) is 8.51. The van der Waals surface area contributed by atoms with E-state index in [2.05, 4.69) is 32.1 Å². The lowest BCUT2D eigenvalue weighted by atomic mass is 10.0. The zero-order valence-electron chi connectivity index (χ0n) is 19.5. The van der Waals surface area contributed by atoms with Crippen molar-refractivity contribution < 1.29 is 4.39 Å². The Labute approximate surface area is 206 Å². The van der Waals surface area contributed by atoms with Gasteiger partial charge < -0.3 is 10.3 Å². The predicted molar refractivity (Wildman–Crippen MR) is 141 cm³/mol. The van der Waals surface area contributed by atoms with Gasteiger partial charge in [0.25, 0.3) is 0 Å². The van der Waals surface area contributed by atoms with Crippen LogP contribution >= 0.6 is 0 Å². The maximum atomic E-state index is 13.9. The van der Waals surface area contributed by atoms with Gasteiger partial charge in [0.15, 0.2) is 11.5 Å². The molecule has 7 nitrogen and oxygen atoms in total. The van der Waals surface area contributed by atoms with Crippen LogP contribution in [0.4, 0.5) is 10.1 Å². The van der Waals surface area contributed by atoms with E-state index in [1.54, 1.807) is 18.5 Å². The van der Waals surface area contributed by atoms with Crippen molar-refractivity contribution in [1.82, 2.24) is 30.1 Å². The topological polar surface area (TPSA) is 95.2 Å². The van der Waals surface area contributed by atoms with Crippen molar-refractivity contribution in [2.45, 2.75) is 13.3 Å². The van der Waals surface area contributed by atoms with E-state index in [4.69, 9.17) is 9.97 Å². The largest absolute Gasteiger partial charge is 0.358 e. The average molecular weight is 476 g/mol. The van der Waals surface area contributed by atoms with Gasteiger partial charge in [0.05, 0.1) is 34.1 Å². The average Bonchev–Trinajstić information content (AvgIpc) is 3.52. The maximum Gasteiger partial charge on any atom is 0.161 e. The van der Waals surface area contributed by atoms with Crippen molar-refractivity contribution in [2.24, 2.45) is 0 Å². The first-order valence-corrected chi connectivity index (χ1v) is 11.6. The van der Waals surface area contributed by atoms with E-state index < -0.39 is 0 Å². The summed E-state index contributed by atoms with van der Waals surface area (Å²) in [5.74, 6) is 0.292. The summed E-state index contributed by atoms with van der Waals surface area (Å²) in [4.78, 5) is 17.4. The normalized spacial score (nSPS) is 11.3. The highest BCUT2D eigenvalue weighted by atomic mass is 19.1. The van der Waals surface area contributed by atoms with Crippen molar-refractivity contribution >= 4 is 27.8 Å². The van der Waals surface area contributed by atoms with Crippen LogP contribution in [0.2, 0.25) is 0 Å². The highest BCUT2D eigenvalue weighted by molar-refractivity contribution is 5.96. The number of benzene rings is 2. The van der Waals surface area contributed by atoms with Crippen molar-refractivity contribution in [3.05, 3.63) is 91.2 Å². The van der Waals surface area contributed by atoms with Gasteiger partial charge in [-0.1, -0.05) is 37.8 Å².